The molecule has 0 saturated heterocycles. The number of hydrogen-bond acceptors (Lipinski definition) is 3. The van der Waals surface area contributed by atoms with Gasteiger partial charge in [0.15, 0.2) is 0 Å². The van der Waals surface area contributed by atoms with Gasteiger partial charge in [0.25, 0.3) is 0 Å². The number of rotatable bonds is 5. The Hall–Kier alpha value is -1.06. The van der Waals surface area contributed by atoms with Crippen LogP contribution in [0.15, 0.2) is 29.6 Å². The number of alkyl halides is 1. The third-order valence-electron chi connectivity index (χ3n) is 2.96. The first kappa shape index (κ1) is 15.3. The third kappa shape index (κ3) is 4.22. The summed E-state index contributed by atoms with van der Waals surface area (Å²) in [6.07, 6.45) is 0.912. The zero-order chi connectivity index (χ0) is 14.6. The van der Waals surface area contributed by atoms with Crippen molar-refractivity contribution in [3.63, 3.8) is 0 Å². The monoisotopic (exact) mass is 309 g/mol. The largest absolute Gasteiger partial charge is 0.477 e. The summed E-state index contributed by atoms with van der Waals surface area (Å²) in [6, 6.07) is 8.16. The molecule has 0 aromatic carbocycles. The quantitative estimate of drug-likeness (QED) is 0.740. The second kappa shape index (κ2) is 6.59. The fraction of sp³-hybridized carbons (Fsp3) is 0.438. The van der Waals surface area contributed by atoms with Crippen molar-refractivity contribution in [1.29, 1.82) is 0 Å². The topological polar surface area (TPSA) is 22.1 Å². The normalized spacial score (nSPS) is 11.6. The van der Waals surface area contributed by atoms with Gasteiger partial charge in [0.2, 0.25) is 5.88 Å². The molecule has 0 N–H and O–H groups in total. The summed E-state index contributed by atoms with van der Waals surface area (Å²) in [5.74, 6) is 1.15. The highest BCUT2D eigenvalue weighted by Crippen LogP contribution is 2.25. The van der Waals surface area contributed by atoms with Crippen LogP contribution in [0, 0.1) is 0 Å². The van der Waals surface area contributed by atoms with E-state index in [1.165, 1.54) is 4.88 Å². The van der Waals surface area contributed by atoms with Crippen LogP contribution < -0.4 is 4.74 Å². The Morgan fingerprint density at radius 3 is 2.70 bits per heavy atom. The molecule has 0 atom stereocenters. The van der Waals surface area contributed by atoms with Crippen molar-refractivity contribution >= 4 is 22.9 Å². The number of halogens is 1. The second-order valence-electron chi connectivity index (χ2n) is 5.76. The molecule has 0 unspecified atom stereocenters. The maximum Gasteiger partial charge on any atom is 0.213 e. The van der Waals surface area contributed by atoms with Crippen molar-refractivity contribution in [2.75, 3.05) is 6.61 Å². The summed E-state index contributed by atoms with van der Waals surface area (Å²) in [7, 11) is 0. The second-order valence-corrected chi connectivity index (χ2v) is 7.06. The number of nitrogens with zero attached hydrogens (tertiary/aromatic N) is 1. The number of hydrogen-bond donors (Lipinski definition) is 0. The van der Waals surface area contributed by atoms with Crippen LogP contribution in [0.2, 0.25) is 0 Å². The summed E-state index contributed by atoms with van der Waals surface area (Å²) in [4.78, 5) is 5.92. The minimum Gasteiger partial charge on any atom is -0.477 e. The molecule has 2 rings (SSSR count). The van der Waals surface area contributed by atoms with Gasteiger partial charge in [-0.05, 0) is 23.1 Å². The Kier molecular flexibility index (Phi) is 5.06. The van der Waals surface area contributed by atoms with Crippen LogP contribution >= 0.6 is 22.9 Å². The molecule has 20 heavy (non-hydrogen) atoms. The Morgan fingerprint density at radius 1 is 1.30 bits per heavy atom. The fourth-order valence-corrected chi connectivity index (χ4v) is 2.65. The highest BCUT2D eigenvalue weighted by molar-refractivity contribution is 7.09. The van der Waals surface area contributed by atoms with Crippen LogP contribution in [0.25, 0.3) is 0 Å². The predicted octanol–water partition coefficient (Wildman–Crippen LogP) is 4.80. The van der Waals surface area contributed by atoms with E-state index in [1.807, 2.05) is 6.07 Å². The molecule has 0 amide bonds. The van der Waals surface area contributed by atoms with E-state index >= 15 is 0 Å². The molecule has 0 aliphatic rings. The van der Waals surface area contributed by atoms with Crippen LogP contribution in [0.1, 0.15) is 36.9 Å². The maximum absolute atomic E-state index is 5.95. The lowest BCUT2D eigenvalue weighted by Crippen LogP contribution is -2.15. The molecule has 0 radical (unpaired) electrons. The zero-order valence-electron chi connectivity index (χ0n) is 12.1. The Labute approximate surface area is 129 Å². The van der Waals surface area contributed by atoms with E-state index in [2.05, 4.69) is 49.3 Å². The minimum absolute atomic E-state index is 0.00602. The molecular formula is C16H20ClNOS. The van der Waals surface area contributed by atoms with Gasteiger partial charge >= 0.3 is 0 Å². The van der Waals surface area contributed by atoms with Gasteiger partial charge in [0, 0.05) is 28.7 Å². The molecular weight excluding hydrogens is 290 g/mol. The molecule has 0 spiro atoms. The van der Waals surface area contributed by atoms with Crippen LogP contribution in [0.5, 0.6) is 5.88 Å². The van der Waals surface area contributed by atoms with Gasteiger partial charge in [-0.15, -0.1) is 22.9 Å². The van der Waals surface area contributed by atoms with Crippen LogP contribution in [0.4, 0.5) is 0 Å². The van der Waals surface area contributed by atoms with Crippen molar-refractivity contribution in [2.45, 2.75) is 38.5 Å². The molecule has 0 aliphatic heterocycles. The van der Waals surface area contributed by atoms with Gasteiger partial charge in [0.1, 0.15) is 0 Å². The molecule has 4 heteroatoms. The van der Waals surface area contributed by atoms with Crippen LogP contribution in [-0.2, 0) is 17.7 Å². The van der Waals surface area contributed by atoms with Crippen molar-refractivity contribution in [3.05, 3.63) is 45.8 Å². The summed E-state index contributed by atoms with van der Waals surface area (Å²) < 4.78 is 5.79. The number of thiophene rings is 1. The maximum atomic E-state index is 5.95. The number of aromatic nitrogens is 1. The number of ether oxygens (including phenoxy) is 1. The lowest BCUT2D eigenvalue weighted by Gasteiger charge is -2.19. The fourth-order valence-electron chi connectivity index (χ4n) is 1.81. The molecule has 0 fully saturated rings. The van der Waals surface area contributed by atoms with Crippen molar-refractivity contribution < 1.29 is 4.74 Å². The Balaban J connectivity index is 2.06. The van der Waals surface area contributed by atoms with Gasteiger partial charge in [-0.2, -0.15) is 0 Å². The van der Waals surface area contributed by atoms with Gasteiger partial charge in [-0.25, -0.2) is 4.98 Å². The molecule has 2 aromatic rings. The SMILES string of the molecule is CC(C)(C)c1cc(CCl)cc(OCCc2cccs2)n1. The Morgan fingerprint density at radius 2 is 2.10 bits per heavy atom. The average Bonchev–Trinajstić information content (AvgIpc) is 2.90. The van der Waals surface area contributed by atoms with Crippen molar-refractivity contribution in [1.82, 2.24) is 4.98 Å². The van der Waals surface area contributed by atoms with Gasteiger partial charge in [-0.3, -0.25) is 0 Å². The summed E-state index contributed by atoms with van der Waals surface area (Å²) in [5.41, 5.74) is 2.06. The molecule has 2 heterocycles. The zero-order valence-corrected chi connectivity index (χ0v) is 13.7. The standard InChI is InChI=1S/C16H20ClNOS/c1-16(2,3)14-9-12(11-17)10-15(18-14)19-7-6-13-5-4-8-20-13/h4-5,8-10H,6-7,11H2,1-3H3. The predicted molar refractivity (Wildman–Crippen MR) is 86.0 cm³/mol. The lowest BCUT2D eigenvalue weighted by atomic mass is 9.91. The first-order chi connectivity index (χ1) is 9.49. The number of pyridine rings is 1. The first-order valence-electron chi connectivity index (χ1n) is 6.71. The highest BCUT2D eigenvalue weighted by Gasteiger charge is 2.17. The molecule has 2 aromatic heterocycles. The average molecular weight is 310 g/mol. The van der Waals surface area contributed by atoms with E-state index in [-0.39, 0.29) is 5.41 Å². The minimum atomic E-state index is -0.00602. The lowest BCUT2D eigenvalue weighted by molar-refractivity contribution is 0.307. The summed E-state index contributed by atoms with van der Waals surface area (Å²) in [5, 5.41) is 2.08. The van der Waals surface area contributed by atoms with E-state index in [0.717, 1.165) is 17.7 Å². The molecule has 0 saturated carbocycles. The van der Waals surface area contributed by atoms with E-state index in [9.17, 15) is 0 Å². The third-order valence-corrected chi connectivity index (χ3v) is 4.21. The van der Waals surface area contributed by atoms with Crippen molar-refractivity contribution in [3.8, 4) is 5.88 Å². The highest BCUT2D eigenvalue weighted by atomic mass is 35.5. The summed E-state index contributed by atoms with van der Waals surface area (Å²) in [6.45, 7) is 7.07. The molecule has 0 bridgehead atoms. The van der Waals surface area contributed by atoms with E-state index in [1.54, 1.807) is 11.3 Å². The molecule has 0 aliphatic carbocycles. The first-order valence-corrected chi connectivity index (χ1v) is 8.13. The molecule has 2 nitrogen and oxygen atoms in total. The van der Waals surface area contributed by atoms with Crippen LogP contribution in [0.3, 0.4) is 0 Å². The Bertz CT molecular complexity index is 546. The van der Waals surface area contributed by atoms with E-state index in [4.69, 9.17) is 16.3 Å². The summed E-state index contributed by atoms with van der Waals surface area (Å²) >= 11 is 7.71. The smallest absolute Gasteiger partial charge is 0.213 e. The van der Waals surface area contributed by atoms with E-state index < -0.39 is 0 Å². The molecule has 108 valence electrons. The van der Waals surface area contributed by atoms with Crippen LogP contribution in [-0.4, -0.2) is 11.6 Å². The van der Waals surface area contributed by atoms with Gasteiger partial charge < -0.3 is 4.74 Å². The van der Waals surface area contributed by atoms with Gasteiger partial charge in [-0.1, -0.05) is 26.8 Å². The van der Waals surface area contributed by atoms with Crippen molar-refractivity contribution in [2.24, 2.45) is 0 Å². The van der Waals surface area contributed by atoms with Gasteiger partial charge in [0.05, 0.1) is 12.3 Å². The van der Waals surface area contributed by atoms with E-state index in [0.29, 0.717) is 18.4 Å².